The van der Waals surface area contributed by atoms with E-state index in [-0.39, 0.29) is 11.7 Å². The second-order valence-electron chi connectivity index (χ2n) is 5.87. The maximum atomic E-state index is 11.9. The summed E-state index contributed by atoms with van der Waals surface area (Å²) in [5.41, 5.74) is 0.823. The molecule has 0 spiro atoms. The van der Waals surface area contributed by atoms with Gasteiger partial charge in [0.1, 0.15) is 6.17 Å². The van der Waals surface area contributed by atoms with Gasteiger partial charge in [-0.05, 0) is 31.6 Å². The van der Waals surface area contributed by atoms with Gasteiger partial charge in [0.05, 0.1) is 10.8 Å². The number of rotatable bonds is 2. The summed E-state index contributed by atoms with van der Waals surface area (Å²) in [5.74, 6) is 0.752. The molecule has 1 saturated heterocycles. The van der Waals surface area contributed by atoms with Crippen molar-refractivity contribution in [3.8, 4) is 0 Å². The van der Waals surface area contributed by atoms with E-state index in [0.29, 0.717) is 5.39 Å². The van der Waals surface area contributed by atoms with Crippen molar-refractivity contribution in [1.82, 2.24) is 20.4 Å². The van der Waals surface area contributed by atoms with E-state index in [1.807, 2.05) is 18.2 Å². The number of aromatic nitrogens is 2. The summed E-state index contributed by atoms with van der Waals surface area (Å²) in [6, 6.07) is 5.74. The molecule has 0 aliphatic carbocycles. The van der Waals surface area contributed by atoms with Gasteiger partial charge in [0, 0.05) is 25.3 Å². The molecule has 3 heterocycles. The molecular formula is C15H20N6O. The summed E-state index contributed by atoms with van der Waals surface area (Å²) >= 11 is 0. The van der Waals surface area contributed by atoms with Crippen LogP contribution in [0.1, 0.15) is 6.42 Å². The van der Waals surface area contributed by atoms with Gasteiger partial charge in [-0.3, -0.25) is 9.69 Å². The summed E-state index contributed by atoms with van der Waals surface area (Å²) in [7, 11) is 0. The molecule has 0 bridgehead atoms. The van der Waals surface area contributed by atoms with Crippen LogP contribution in [0.25, 0.3) is 10.8 Å². The summed E-state index contributed by atoms with van der Waals surface area (Å²) in [6.07, 6.45) is 1.26. The third-order valence-electron chi connectivity index (χ3n) is 4.33. The molecule has 7 nitrogen and oxygen atoms in total. The molecule has 4 rings (SSSR count). The average molecular weight is 300 g/mol. The minimum Gasteiger partial charge on any atom is -0.364 e. The number of nitrogens with zero attached hydrogens (tertiary/aromatic N) is 2. The molecule has 1 aromatic carbocycles. The van der Waals surface area contributed by atoms with Crippen LogP contribution in [-0.2, 0) is 0 Å². The predicted octanol–water partition coefficient (Wildman–Crippen LogP) is 0.382. The van der Waals surface area contributed by atoms with Crippen LogP contribution in [0.3, 0.4) is 0 Å². The number of nitrogens with one attached hydrogen (secondary N) is 4. The lowest BCUT2D eigenvalue weighted by atomic mass is 10.1. The summed E-state index contributed by atoms with van der Waals surface area (Å²) in [5, 5.41) is 18.6. The topological polar surface area (TPSA) is 85.1 Å². The second-order valence-corrected chi connectivity index (χ2v) is 5.87. The lowest BCUT2D eigenvalue weighted by Crippen LogP contribution is -2.44. The third kappa shape index (κ3) is 2.42. The van der Waals surface area contributed by atoms with Crippen molar-refractivity contribution in [3.63, 3.8) is 0 Å². The minimum absolute atomic E-state index is 0.0922. The Kier molecular flexibility index (Phi) is 3.44. The molecule has 1 aromatic heterocycles. The summed E-state index contributed by atoms with van der Waals surface area (Å²) < 4.78 is 0. The molecule has 0 saturated carbocycles. The fraction of sp³-hybridized carbons (Fsp3) is 0.467. The predicted molar refractivity (Wildman–Crippen MR) is 87.3 cm³/mol. The Bertz CT molecular complexity index is 722. The first-order valence-electron chi connectivity index (χ1n) is 7.79. The molecule has 2 aliphatic heterocycles. The molecule has 7 heteroatoms. The molecular weight excluding hydrogens is 280 g/mol. The summed E-state index contributed by atoms with van der Waals surface area (Å²) in [4.78, 5) is 14.3. The van der Waals surface area contributed by atoms with Gasteiger partial charge < -0.3 is 16.0 Å². The molecule has 1 atom stereocenters. The number of anilines is 2. The molecule has 0 amide bonds. The first kappa shape index (κ1) is 13.5. The van der Waals surface area contributed by atoms with Crippen LogP contribution in [0.15, 0.2) is 23.0 Å². The highest BCUT2D eigenvalue weighted by atomic mass is 16.1. The lowest BCUT2D eigenvalue weighted by Gasteiger charge is -2.32. The number of hydrogen-bond acceptors (Lipinski definition) is 6. The second kappa shape index (κ2) is 5.58. The number of benzene rings is 1. The average Bonchev–Trinajstić information content (AvgIpc) is 2.79. The first-order valence-corrected chi connectivity index (χ1v) is 7.79. The van der Waals surface area contributed by atoms with Crippen LogP contribution in [0.4, 0.5) is 11.5 Å². The first-order chi connectivity index (χ1) is 10.8. The smallest absolute Gasteiger partial charge is 0.272 e. The number of hydrogen-bond donors (Lipinski definition) is 4. The van der Waals surface area contributed by atoms with Gasteiger partial charge in [0.15, 0.2) is 5.82 Å². The van der Waals surface area contributed by atoms with Crippen molar-refractivity contribution in [1.29, 1.82) is 0 Å². The molecule has 2 aromatic rings. The van der Waals surface area contributed by atoms with Crippen LogP contribution in [-0.4, -0.2) is 54.0 Å². The molecule has 0 radical (unpaired) electrons. The highest BCUT2D eigenvalue weighted by molar-refractivity contribution is 6.02. The van der Waals surface area contributed by atoms with Gasteiger partial charge in [-0.25, -0.2) is 5.10 Å². The van der Waals surface area contributed by atoms with E-state index in [1.165, 1.54) is 6.42 Å². The molecule has 4 N–H and O–H groups in total. The molecule has 22 heavy (non-hydrogen) atoms. The molecule has 1 unspecified atom stereocenters. The fourth-order valence-electron chi connectivity index (χ4n) is 3.27. The van der Waals surface area contributed by atoms with Crippen molar-refractivity contribution in [3.05, 3.63) is 28.6 Å². The van der Waals surface area contributed by atoms with Crippen molar-refractivity contribution >= 4 is 22.3 Å². The quantitative estimate of drug-likeness (QED) is 0.642. The van der Waals surface area contributed by atoms with E-state index in [1.54, 1.807) is 0 Å². The Morgan fingerprint density at radius 3 is 3.14 bits per heavy atom. The van der Waals surface area contributed by atoms with Crippen molar-refractivity contribution < 1.29 is 0 Å². The van der Waals surface area contributed by atoms with Gasteiger partial charge in [0.25, 0.3) is 5.56 Å². The zero-order valence-corrected chi connectivity index (χ0v) is 12.4. The van der Waals surface area contributed by atoms with Gasteiger partial charge in [0.2, 0.25) is 0 Å². The standard InChI is InChI=1S/C15H20N6O/c22-15-10-3-1-4-11-13(10)14(19-20-15)18-12(17-11)9-21-7-2-5-16-6-8-21/h1,3-4,12,16-17H,2,5-9H2,(H,18,19)(H,20,22). The van der Waals surface area contributed by atoms with E-state index in [4.69, 9.17) is 0 Å². The van der Waals surface area contributed by atoms with E-state index < -0.39 is 0 Å². The third-order valence-corrected chi connectivity index (χ3v) is 4.33. The van der Waals surface area contributed by atoms with Gasteiger partial charge >= 0.3 is 0 Å². The zero-order chi connectivity index (χ0) is 14.9. The Balaban J connectivity index is 1.60. The van der Waals surface area contributed by atoms with E-state index in [0.717, 1.165) is 49.6 Å². The van der Waals surface area contributed by atoms with Crippen LogP contribution < -0.4 is 21.5 Å². The maximum absolute atomic E-state index is 11.9. The van der Waals surface area contributed by atoms with E-state index in [9.17, 15) is 4.79 Å². The maximum Gasteiger partial charge on any atom is 0.272 e. The van der Waals surface area contributed by atoms with Crippen LogP contribution >= 0.6 is 0 Å². The lowest BCUT2D eigenvalue weighted by molar-refractivity contribution is 0.285. The Morgan fingerprint density at radius 1 is 1.23 bits per heavy atom. The number of aromatic amines is 1. The SMILES string of the molecule is O=c1[nH]nc2c3c(cccc13)NC(CN1CCCNCC1)N2. The van der Waals surface area contributed by atoms with Gasteiger partial charge in [-0.2, -0.15) is 5.10 Å². The summed E-state index contributed by atoms with van der Waals surface area (Å²) in [6.45, 7) is 5.18. The van der Waals surface area contributed by atoms with Crippen LogP contribution in [0.2, 0.25) is 0 Å². The monoisotopic (exact) mass is 300 g/mol. The Labute approximate surface area is 128 Å². The van der Waals surface area contributed by atoms with E-state index >= 15 is 0 Å². The van der Waals surface area contributed by atoms with E-state index in [2.05, 4.69) is 31.0 Å². The minimum atomic E-state index is -0.152. The zero-order valence-electron chi connectivity index (χ0n) is 12.4. The molecule has 1 fully saturated rings. The van der Waals surface area contributed by atoms with Crippen molar-refractivity contribution in [2.24, 2.45) is 0 Å². The fourth-order valence-corrected chi connectivity index (χ4v) is 3.27. The van der Waals surface area contributed by atoms with Gasteiger partial charge in [-0.15, -0.1) is 0 Å². The normalized spacial score (nSPS) is 21.9. The number of H-pyrrole nitrogens is 1. The Morgan fingerprint density at radius 2 is 2.18 bits per heavy atom. The molecule has 2 aliphatic rings. The largest absolute Gasteiger partial charge is 0.364 e. The highest BCUT2D eigenvalue weighted by Crippen LogP contribution is 2.31. The highest BCUT2D eigenvalue weighted by Gasteiger charge is 2.23. The van der Waals surface area contributed by atoms with Crippen molar-refractivity contribution in [2.45, 2.75) is 12.6 Å². The molecule has 116 valence electrons. The van der Waals surface area contributed by atoms with Gasteiger partial charge in [-0.1, -0.05) is 6.07 Å². The van der Waals surface area contributed by atoms with Crippen molar-refractivity contribution in [2.75, 3.05) is 43.4 Å². The van der Waals surface area contributed by atoms with Crippen LogP contribution in [0, 0.1) is 0 Å². The van der Waals surface area contributed by atoms with Crippen LogP contribution in [0.5, 0.6) is 0 Å². The Hall–Kier alpha value is -2.12.